The second kappa shape index (κ2) is 2.73. The van der Waals surface area contributed by atoms with Crippen LogP contribution >= 0.6 is 0 Å². The summed E-state index contributed by atoms with van der Waals surface area (Å²) in [7, 11) is 0. The van der Waals surface area contributed by atoms with Crippen LogP contribution in [0.25, 0.3) is 0 Å². The fraction of sp³-hybridized carbons (Fsp3) is 0.556. The van der Waals surface area contributed by atoms with Gasteiger partial charge in [-0.1, -0.05) is 0 Å². The minimum atomic E-state index is -0.0793. The number of Topliss-reactive ketones (excluding diaryl/α,β-unsaturated/α-hetero) is 1. The van der Waals surface area contributed by atoms with Crippen LogP contribution in [0.15, 0.2) is 4.42 Å². The number of rotatable bonds is 1. The molecule has 0 fully saturated rings. The lowest BCUT2D eigenvalue weighted by molar-refractivity contribution is 0.0979. The molecular weight excluding hydrogens is 154 g/mol. The summed E-state index contributed by atoms with van der Waals surface area (Å²) in [6.45, 7) is 1.48. The van der Waals surface area contributed by atoms with Crippen LogP contribution in [-0.2, 0) is 12.8 Å². The van der Waals surface area contributed by atoms with Gasteiger partial charge in [0.05, 0.1) is 5.69 Å². The molecule has 12 heavy (non-hydrogen) atoms. The van der Waals surface area contributed by atoms with Crippen molar-refractivity contribution in [1.29, 1.82) is 0 Å². The van der Waals surface area contributed by atoms with Crippen LogP contribution in [0.4, 0.5) is 0 Å². The highest BCUT2D eigenvalue weighted by Gasteiger charge is 2.18. The first-order chi connectivity index (χ1) is 5.77. The van der Waals surface area contributed by atoms with Gasteiger partial charge in [-0.2, -0.15) is 0 Å². The molecule has 0 N–H and O–H groups in total. The van der Waals surface area contributed by atoms with Gasteiger partial charge < -0.3 is 4.42 Å². The zero-order valence-electron chi connectivity index (χ0n) is 7.09. The van der Waals surface area contributed by atoms with Crippen molar-refractivity contribution in [1.82, 2.24) is 4.98 Å². The van der Waals surface area contributed by atoms with Gasteiger partial charge in [-0.05, 0) is 19.3 Å². The van der Waals surface area contributed by atoms with Crippen LogP contribution < -0.4 is 0 Å². The number of ketones is 1. The number of aryl methyl sites for hydroxylation is 2. The molecule has 3 nitrogen and oxygen atoms in total. The summed E-state index contributed by atoms with van der Waals surface area (Å²) in [5.74, 6) is 1.12. The molecule has 1 aliphatic rings. The molecule has 1 heterocycles. The molecule has 1 aromatic rings. The van der Waals surface area contributed by atoms with E-state index in [2.05, 4.69) is 4.98 Å². The second-order valence-electron chi connectivity index (χ2n) is 3.15. The monoisotopic (exact) mass is 165 g/mol. The standard InChI is InChI=1S/C9H11NO2/c1-6(11)9-10-7-4-2-3-5-8(7)12-9/h2-5H2,1H3. The van der Waals surface area contributed by atoms with Gasteiger partial charge in [0.15, 0.2) is 0 Å². The third-order valence-corrected chi connectivity index (χ3v) is 2.15. The SMILES string of the molecule is CC(=O)c1nc2c(o1)CCCC2. The van der Waals surface area contributed by atoms with Crippen LogP contribution in [0.2, 0.25) is 0 Å². The number of aromatic nitrogens is 1. The van der Waals surface area contributed by atoms with Crippen molar-refractivity contribution in [3.63, 3.8) is 0 Å². The van der Waals surface area contributed by atoms with Crippen LogP contribution in [0.1, 0.15) is 41.9 Å². The molecule has 0 saturated carbocycles. The fourth-order valence-corrected chi connectivity index (χ4v) is 1.50. The maximum absolute atomic E-state index is 10.9. The first-order valence-corrected chi connectivity index (χ1v) is 4.27. The van der Waals surface area contributed by atoms with Gasteiger partial charge in [0.25, 0.3) is 5.89 Å². The van der Waals surface area contributed by atoms with E-state index in [1.165, 1.54) is 6.92 Å². The van der Waals surface area contributed by atoms with Crippen molar-refractivity contribution in [2.45, 2.75) is 32.6 Å². The van der Waals surface area contributed by atoms with Crippen molar-refractivity contribution in [2.24, 2.45) is 0 Å². The Hall–Kier alpha value is -1.12. The zero-order valence-corrected chi connectivity index (χ0v) is 7.09. The molecule has 0 atom stereocenters. The van der Waals surface area contributed by atoms with E-state index in [-0.39, 0.29) is 11.7 Å². The molecule has 0 amide bonds. The van der Waals surface area contributed by atoms with E-state index in [4.69, 9.17) is 4.42 Å². The summed E-state index contributed by atoms with van der Waals surface area (Å²) < 4.78 is 5.31. The summed E-state index contributed by atoms with van der Waals surface area (Å²) >= 11 is 0. The van der Waals surface area contributed by atoms with Gasteiger partial charge in [-0.25, -0.2) is 4.98 Å². The van der Waals surface area contributed by atoms with Gasteiger partial charge in [0, 0.05) is 13.3 Å². The number of nitrogens with zero attached hydrogens (tertiary/aromatic N) is 1. The number of carbonyl (C=O) groups excluding carboxylic acids is 1. The molecule has 0 radical (unpaired) electrons. The summed E-state index contributed by atoms with van der Waals surface area (Å²) in [4.78, 5) is 15.0. The second-order valence-corrected chi connectivity index (χ2v) is 3.15. The Morgan fingerprint density at radius 1 is 1.42 bits per heavy atom. The molecule has 1 aromatic heterocycles. The van der Waals surface area contributed by atoms with E-state index in [0.717, 1.165) is 37.1 Å². The highest BCUT2D eigenvalue weighted by molar-refractivity contribution is 5.89. The number of oxazole rings is 1. The van der Waals surface area contributed by atoms with E-state index in [0.29, 0.717) is 0 Å². The molecule has 0 unspecified atom stereocenters. The minimum absolute atomic E-state index is 0.0793. The number of fused-ring (bicyclic) bond motifs is 1. The Morgan fingerprint density at radius 2 is 2.17 bits per heavy atom. The first-order valence-electron chi connectivity index (χ1n) is 4.27. The maximum Gasteiger partial charge on any atom is 0.263 e. The normalized spacial score (nSPS) is 15.8. The number of hydrogen-bond acceptors (Lipinski definition) is 3. The van der Waals surface area contributed by atoms with Crippen LogP contribution in [0, 0.1) is 0 Å². The molecule has 0 bridgehead atoms. The lowest BCUT2D eigenvalue weighted by Crippen LogP contribution is -1.99. The quantitative estimate of drug-likeness (QED) is 0.595. The van der Waals surface area contributed by atoms with E-state index in [1.54, 1.807) is 0 Å². The van der Waals surface area contributed by atoms with E-state index in [9.17, 15) is 4.79 Å². The molecule has 1 aliphatic carbocycles. The summed E-state index contributed by atoms with van der Waals surface area (Å²) in [5, 5.41) is 0. The Kier molecular flexibility index (Phi) is 1.71. The Bertz CT molecular complexity index is 291. The smallest absolute Gasteiger partial charge is 0.263 e. The molecule has 64 valence electrons. The Balaban J connectivity index is 2.38. The van der Waals surface area contributed by atoms with Gasteiger partial charge in [-0.15, -0.1) is 0 Å². The predicted molar refractivity (Wildman–Crippen MR) is 43.1 cm³/mol. The lowest BCUT2D eigenvalue weighted by Gasteiger charge is -2.05. The summed E-state index contributed by atoms with van der Waals surface area (Å²) in [6.07, 6.45) is 4.22. The Morgan fingerprint density at radius 3 is 2.83 bits per heavy atom. The van der Waals surface area contributed by atoms with Crippen LogP contribution in [0.3, 0.4) is 0 Å². The van der Waals surface area contributed by atoms with Crippen molar-refractivity contribution < 1.29 is 9.21 Å². The highest BCUT2D eigenvalue weighted by Crippen LogP contribution is 2.21. The van der Waals surface area contributed by atoms with E-state index >= 15 is 0 Å². The average molecular weight is 165 g/mol. The highest BCUT2D eigenvalue weighted by atomic mass is 16.4. The third-order valence-electron chi connectivity index (χ3n) is 2.15. The molecule has 2 rings (SSSR count). The molecular formula is C9H11NO2. The largest absolute Gasteiger partial charge is 0.439 e. The third kappa shape index (κ3) is 1.15. The van der Waals surface area contributed by atoms with Crippen molar-refractivity contribution in [3.05, 3.63) is 17.3 Å². The molecule has 0 saturated heterocycles. The summed E-state index contributed by atoms with van der Waals surface area (Å²) in [5.41, 5.74) is 0.992. The fourth-order valence-electron chi connectivity index (χ4n) is 1.50. The Labute approximate surface area is 70.8 Å². The van der Waals surface area contributed by atoms with Crippen LogP contribution in [0.5, 0.6) is 0 Å². The maximum atomic E-state index is 10.9. The van der Waals surface area contributed by atoms with Gasteiger partial charge in [-0.3, -0.25) is 4.79 Å². The predicted octanol–water partition coefficient (Wildman–Crippen LogP) is 1.76. The van der Waals surface area contributed by atoms with Crippen molar-refractivity contribution >= 4 is 5.78 Å². The zero-order chi connectivity index (χ0) is 8.55. The number of carbonyl (C=O) groups is 1. The topological polar surface area (TPSA) is 43.1 Å². The molecule has 0 aliphatic heterocycles. The van der Waals surface area contributed by atoms with Gasteiger partial charge in [0.2, 0.25) is 5.78 Å². The van der Waals surface area contributed by atoms with E-state index < -0.39 is 0 Å². The van der Waals surface area contributed by atoms with Gasteiger partial charge >= 0.3 is 0 Å². The number of hydrogen-bond donors (Lipinski definition) is 0. The van der Waals surface area contributed by atoms with Crippen LogP contribution in [-0.4, -0.2) is 10.8 Å². The summed E-state index contributed by atoms with van der Waals surface area (Å²) in [6, 6.07) is 0. The van der Waals surface area contributed by atoms with Crippen molar-refractivity contribution in [3.8, 4) is 0 Å². The average Bonchev–Trinajstić information content (AvgIpc) is 2.46. The van der Waals surface area contributed by atoms with Crippen molar-refractivity contribution in [2.75, 3.05) is 0 Å². The van der Waals surface area contributed by atoms with Gasteiger partial charge in [0.1, 0.15) is 5.76 Å². The first kappa shape index (κ1) is 7.53. The van der Waals surface area contributed by atoms with E-state index in [1.807, 2.05) is 0 Å². The minimum Gasteiger partial charge on any atom is -0.439 e. The molecule has 3 heteroatoms. The molecule has 0 spiro atoms. The molecule has 0 aromatic carbocycles. The lowest BCUT2D eigenvalue weighted by atomic mass is 10.0.